The molecule has 0 aliphatic carbocycles. The van der Waals surface area contributed by atoms with E-state index in [1.807, 2.05) is 24.3 Å². The predicted molar refractivity (Wildman–Crippen MR) is 108 cm³/mol. The lowest BCUT2D eigenvalue weighted by atomic mass is 10.2. The number of aryl methyl sites for hydroxylation is 2. The lowest BCUT2D eigenvalue weighted by molar-refractivity contribution is -0.143. The first-order valence-electron chi connectivity index (χ1n) is 9.64. The molecule has 30 heavy (non-hydrogen) atoms. The molecule has 2 aromatic carbocycles. The summed E-state index contributed by atoms with van der Waals surface area (Å²) in [4.78, 5) is 30.9. The van der Waals surface area contributed by atoms with Crippen molar-refractivity contribution in [1.29, 1.82) is 0 Å². The second-order valence-corrected chi connectivity index (χ2v) is 6.80. The van der Waals surface area contributed by atoms with Gasteiger partial charge in [-0.05, 0) is 42.8 Å². The molecule has 8 heteroatoms. The minimum atomic E-state index is -0.359. The van der Waals surface area contributed by atoms with Crippen LogP contribution in [-0.4, -0.2) is 27.1 Å². The SMILES string of the molecule is O=C(CCc1ncc(-c2ccc(F)cc2)o1)OCCCn1c(=O)[nH]c2ccccc21. The number of hydrogen-bond acceptors (Lipinski definition) is 5. The largest absolute Gasteiger partial charge is 0.466 e. The number of nitrogens with one attached hydrogen (secondary N) is 1. The van der Waals surface area contributed by atoms with Crippen molar-refractivity contribution in [1.82, 2.24) is 14.5 Å². The highest BCUT2D eigenvalue weighted by Gasteiger charge is 2.11. The van der Waals surface area contributed by atoms with E-state index in [2.05, 4.69) is 9.97 Å². The smallest absolute Gasteiger partial charge is 0.326 e. The van der Waals surface area contributed by atoms with Gasteiger partial charge in [0, 0.05) is 18.5 Å². The molecule has 0 saturated carbocycles. The zero-order valence-electron chi connectivity index (χ0n) is 16.1. The zero-order valence-corrected chi connectivity index (χ0v) is 16.1. The van der Waals surface area contributed by atoms with E-state index in [0.717, 1.165) is 11.0 Å². The topological polar surface area (TPSA) is 90.1 Å². The third-order valence-electron chi connectivity index (χ3n) is 4.70. The second kappa shape index (κ2) is 8.77. The molecule has 4 rings (SSSR count). The number of fused-ring (bicyclic) bond motifs is 1. The number of halogens is 1. The van der Waals surface area contributed by atoms with E-state index in [9.17, 15) is 14.0 Å². The van der Waals surface area contributed by atoms with E-state index in [0.29, 0.717) is 36.6 Å². The Kier molecular flexibility index (Phi) is 5.74. The number of carbonyl (C=O) groups is 1. The summed E-state index contributed by atoms with van der Waals surface area (Å²) in [6, 6.07) is 13.3. The van der Waals surface area contributed by atoms with Crippen molar-refractivity contribution in [3.63, 3.8) is 0 Å². The second-order valence-electron chi connectivity index (χ2n) is 6.80. The highest BCUT2D eigenvalue weighted by Crippen LogP contribution is 2.21. The molecule has 0 atom stereocenters. The van der Waals surface area contributed by atoms with Crippen LogP contribution in [0, 0.1) is 5.82 Å². The van der Waals surface area contributed by atoms with Crippen LogP contribution in [0.5, 0.6) is 0 Å². The molecule has 2 aromatic heterocycles. The number of para-hydroxylation sites is 2. The van der Waals surface area contributed by atoms with E-state index < -0.39 is 0 Å². The van der Waals surface area contributed by atoms with E-state index in [1.54, 1.807) is 22.9 Å². The molecule has 0 radical (unpaired) electrons. The summed E-state index contributed by atoms with van der Waals surface area (Å²) in [5, 5.41) is 0. The van der Waals surface area contributed by atoms with Gasteiger partial charge in [-0.2, -0.15) is 0 Å². The Morgan fingerprint density at radius 1 is 1.17 bits per heavy atom. The van der Waals surface area contributed by atoms with Gasteiger partial charge in [-0.1, -0.05) is 12.1 Å². The van der Waals surface area contributed by atoms with Crippen LogP contribution in [-0.2, 0) is 22.5 Å². The molecule has 1 N–H and O–H groups in total. The minimum Gasteiger partial charge on any atom is -0.466 e. The van der Waals surface area contributed by atoms with E-state index in [1.165, 1.54) is 12.1 Å². The minimum absolute atomic E-state index is 0.135. The maximum atomic E-state index is 13.0. The lowest BCUT2D eigenvalue weighted by Crippen LogP contribution is -2.18. The van der Waals surface area contributed by atoms with Gasteiger partial charge in [0.05, 0.1) is 30.3 Å². The van der Waals surface area contributed by atoms with Gasteiger partial charge in [-0.3, -0.25) is 9.36 Å². The number of ether oxygens (including phenoxy) is 1. The number of rotatable bonds is 8. The number of aromatic amines is 1. The average molecular weight is 409 g/mol. The highest BCUT2D eigenvalue weighted by atomic mass is 19.1. The number of benzene rings is 2. The molecule has 0 unspecified atom stereocenters. The molecular formula is C22H20FN3O4. The summed E-state index contributed by atoms with van der Waals surface area (Å²) in [6.07, 6.45) is 2.52. The number of nitrogens with zero attached hydrogens (tertiary/aromatic N) is 2. The molecule has 154 valence electrons. The van der Waals surface area contributed by atoms with Gasteiger partial charge in [0.15, 0.2) is 11.7 Å². The van der Waals surface area contributed by atoms with Crippen molar-refractivity contribution in [2.45, 2.75) is 25.8 Å². The van der Waals surface area contributed by atoms with Crippen molar-refractivity contribution in [3.8, 4) is 11.3 Å². The average Bonchev–Trinajstić information content (AvgIpc) is 3.34. The van der Waals surface area contributed by atoms with Crippen LogP contribution < -0.4 is 5.69 Å². The van der Waals surface area contributed by atoms with Crippen LogP contribution in [0.4, 0.5) is 4.39 Å². The fraction of sp³-hybridized carbons (Fsp3) is 0.227. The van der Waals surface area contributed by atoms with Crippen LogP contribution in [0.3, 0.4) is 0 Å². The Morgan fingerprint density at radius 3 is 2.80 bits per heavy atom. The number of carbonyl (C=O) groups excluding carboxylic acids is 1. The van der Waals surface area contributed by atoms with Gasteiger partial charge in [-0.25, -0.2) is 14.2 Å². The summed E-state index contributed by atoms with van der Waals surface area (Å²) >= 11 is 0. The maximum absolute atomic E-state index is 13.0. The molecule has 0 aliphatic heterocycles. The lowest BCUT2D eigenvalue weighted by Gasteiger charge is -2.05. The van der Waals surface area contributed by atoms with E-state index >= 15 is 0 Å². The number of aromatic nitrogens is 3. The quantitative estimate of drug-likeness (QED) is 0.354. The molecule has 7 nitrogen and oxygen atoms in total. The molecule has 0 amide bonds. The normalized spacial score (nSPS) is 11.1. The third-order valence-corrected chi connectivity index (χ3v) is 4.70. The van der Waals surface area contributed by atoms with Crippen molar-refractivity contribution in [2.75, 3.05) is 6.61 Å². The standard InChI is InChI=1S/C22H20FN3O4/c23-16-8-6-15(7-9-16)19-14-24-20(30-19)10-11-21(27)29-13-3-12-26-18-5-2-1-4-17(18)25-22(26)28/h1-2,4-9,14H,3,10-13H2,(H,25,28). The molecule has 0 aliphatic rings. The first-order chi connectivity index (χ1) is 14.6. The zero-order chi connectivity index (χ0) is 20.9. The first-order valence-corrected chi connectivity index (χ1v) is 9.64. The van der Waals surface area contributed by atoms with Crippen LogP contribution >= 0.6 is 0 Å². The number of imidazole rings is 1. The van der Waals surface area contributed by atoms with Gasteiger partial charge < -0.3 is 14.1 Å². The Morgan fingerprint density at radius 2 is 1.97 bits per heavy atom. The van der Waals surface area contributed by atoms with Crippen LogP contribution in [0.15, 0.2) is 63.9 Å². The van der Waals surface area contributed by atoms with Crippen molar-refractivity contribution < 1.29 is 18.3 Å². The van der Waals surface area contributed by atoms with Gasteiger partial charge in [0.1, 0.15) is 5.82 Å². The molecule has 0 bridgehead atoms. The Balaban J connectivity index is 1.22. The Labute approximate surface area is 171 Å². The number of H-pyrrole nitrogens is 1. The van der Waals surface area contributed by atoms with Gasteiger partial charge in [0.25, 0.3) is 0 Å². The highest BCUT2D eigenvalue weighted by molar-refractivity contribution is 5.74. The van der Waals surface area contributed by atoms with Crippen molar-refractivity contribution in [2.24, 2.45) is 0 Å². The molecule has 4 aromatic rings. The molecule has 0 fully saturated rings. The summed E-state index contributed by atoms with van der Waals surface area (Å²) in [5.41, 5.74) is 2.15. The van der Waals surface area contributed by atoms with Crippen molar-refractivity contribution >= 4 is 17.0 Å². The molecule has 0 saturated heterocycles. The third kappa shape index (κ3) is 4.48. The summed E-state index contributed by atoms with van der Waals surface area (Å²) in [7, 11) is 0. The van der Waals surface area contributed by atoms with Crippen LogP contribution in [0.1, 0.15) is 18.7 Å². The molecule has 0 spiro atoms. The Bertz CT molecular complexity index is 1210. The monoisotopic (exact) mass is 409 g/mol. The first kappa shape index (κ1) is 19.6. The van der Waals surface area contributed by atoms with Gasteiger partial charge in [0.2, 0.25) is 0 Å². The maximum Gasteiger partial charge on any atom is 0.326 e. The number of hydrogen-bond donors (Lipinski definition) is 1. The van der Waals surface area contributed by atoms with Crippen LogP contribution in [0.2, 0.25) is 0 Å². The van der Waals surface area contributed by atoms with Crippen molar-refractivity contribution in [3.05, 3.63) is 76.9 Å². The summed E-state index contributed by atoms with van der Waals surface area (Å²) < 4.78 is 25.5. The van der Waals surface area contributed by atoms with E-state index in [-0.39, 0.29) is 30.5 Å². The van der Waals surface area contributed by atoms with E-state index in [4.69, 9.17) is 9.15 Å². The number of esters is 1. The summed E-state index contributed by atoms with van der Waals surface area (Å²) in [6.45, 7) is 0.675. The molecule has 2 heterocycles. The fourth-order valence-electron chi connectivity index (χ4n) is 3.19. The Hall–Kier alpha value is -3.68. The molecular weight excluding hydrogens is 389 g/mol. The van der Waals surface area contributed by atoms with Gasteiger partial charge in [-0.15, -0.1) is 0 Å². The summed E-state index contributed by atoms with van der Waals surface area (Å²) in [5.74, 6) is 0.248. The van der Waals surface area contributed by atoms with Crippen LogP contribution in [0.25, 0.3) is 22.4 Å². The predicted octanol–water partition coefficient (Wildman–Crippen LogP) is 3.69. The fourth-order valence-corrected chi connectivity index (χ4v) is 3.19. The van der Waals surface area contributed by atoms with Gasteiger partial charge >= 0.3 is 11.7 Å². The number of oxazole rings is 1.